The zero-order valence-corrected chi connectivity index (χ0v) is 13.0. The molecule has 3 nitrogen and oxygen atoms in total. The molecule has 20 heavy (non-hydrogen) atoms. The van der Waals surface area contributed by atoms with Gasteiger partial charge < -0.3 is 15.1 Å². The van der Waals surface area contributed by atoms with Crippen LogP contribution in [0.4, 0.5) is 10.1 Å². The molecule has 0 saturated carbocycles. The van der Waals surface area contributed by atoms with E-state index < -0.39 is 0 Å². The third-order valence-corrected chi connectivity index (χ3v) is 4.33. The minimum absolute atomic E-state index is 0.0138. The van der Waals surface area contributed by atoms with Crippen molar-refractivity contribution in [2.45, 2.75) is 19.4 Å². The van der Waals surface area contributed by atoms with E-state index in [1.807, 2.05) is 20.0 Å². The standard InChI is InChI=1S/C16H26FN3/c1-12(18-2)16-14(17)6-5-7-15(16)20(4)11-13-8-9-19(3)10-13/h5-7,12-13,18H,8-11H2,1-4H3. The maximum atomic E-state index is 14.1. The van der Waals surface area contributed by atoms with E-state index >= 15 is 0 Å². The van der Waals surface area contributed by atoms with Crippen LogP contribution in [-0.4, -0.2) is 45.7 Å². The summed E-state index contributed by atoms with van der Waals surface area (Å²) in [5, 5.41) is 3.14. The number of halogens is 1. The predicted molar refractivity (Wildman–Crippen MR) is 82.7 cm³/mol. The summed E-state index contributed by atoms with van der Waals surface area (Å²) in [4.78, 5) is 4.57. The van der Waals surface area contributed by atoms with Gasteiger partial charge in [0.05, 0.1) is 0 Å². The first-order valence-corrected chi connectivity index (χ1v) is 7.38. The summed E-state index contributed by atoms with van der Waals surface area (Å²) in [5.74, 6) is 0.547. The summed E-state index contributed by atoms with van der Waals surface area (Å²) in [5.41, 5.74) is 1.77. The van der Waals surface area contributed by atoms with Crippen LogP contribution in [0, 0.1) is 11.7 Å². The summed E-state index contributed by atoms with van der Waals surface area (Å²) in [6, 6.07) is 5.38. The number of rotatable bonds is 5. The van der Waals surface area contributed by atoms with Gasteiger partial charge >= 0.3 is 0 Å². The van der Waals surface area contributed by atoms with Crippen LogP contribution >= 0.6 is 0 Å². The number of nitrogens with one attached hydrogen (secondary N) is 1. The van der Waals surface area contributed by atoms with Gasteiger partial charge in [-0.3, -0.25) is 0 Å². The Bertz CT molecular complexity index is 449. The minimum atomic E-state index is -0.125. The fourth-order valence-corrected chi connectivity index (χ4v) is 3.09. The quantitative estimate of drug-likeness (QED) is 0.893. The van der Waals surface area contributed by atoms with Gasteiger partial charge in [0, 0.05) is 37.4 Å². The average molecular weight is 279 g/mol. The molecule has 1 saturated heterocycles. The number of benzene rings is 1. The Morgan fingerprint density at radius 3 is 2.85 bits per heavy atom. The lowest BCUT2D eigenvalue weighted by atomic mass is 10.0. The maximum absolute atomic E-state index is 14.1. The molecule has 112 valence electrons. The molecule has 1 fully saturated rings. The Morgan fingerprint density at radius 2 is 2.25 bits per heavy atom. The number of anilines is 1. The molecule has 0 bridgehead atoms. The molecule has 2 atom stereocenters. The predicted octanol–water partition coefficient (Wildman–Crippen LogP) is 2.49. The summed E-state index contributed by atoms with van der Waals surface area (Å²) in [6.45, 7) is 5.29. The fraction of sp³-hybridized carbons (Fsp3) is 0.625. The van der Waals surface area contributed by atoms with Gasteiger partial charge in [0.2, 0.25) is 0 Å². The van der Waals surface area contributed by atoms with Crippen molar-refractivity contribution in [2.24, 2.45) is 5.92 Å². The zero-order chi connectivity index (χ0) is 14.7. The average Bonchev–Trinajstić information content (AvgIpc) is 2.83. The molecule has 0 aliphatic carbocycles. The van der Waals surface area contributed by atoms with E-state index in [1.54, 1.807) is 12.1 Å². The lowest BCUT2D eigenvalue weighted by Gasteiger charge is -2.27. The first-order valence-electron chi connectivity index (χ1n) is 7.38. The molecule has 1 N–H and O–H groups in total. The zero-order valence-electron chi connectivity index (χ0n) is 13.0. The molecule has 1 aromatic carbocycles. The number of nitrogens with zero attached hydrogens (tertiary/aromatic N) is 2. The summed E-state index contributed by atoms with van der Waals surface area (Å²) >= 11 is 0. The van der Waals surface area contributed by atoms with Crippen LogP contribution in [0.15, 0.2) is 18.2 Å². The molecule has 2 unspecified atom stereocenters. The van der Waals surface area contributed by atoms with Crippen LogP contribution in [0.5, 0.6) is 0 Å². The van der Waals surface area contributed by atoms with Crippen molar-refractivity contribution in [1.82, 2.24) is 10.2 Å². The van der Waals surface area contributed by atoms with Gasteiger partial charge in [-0.1, -0.05) is 6.07 Å². The van der Waals surface area contributed by atoms with Crippen molar-refractivity contribution in [3.63, 3.8) is 0 Å². The van der Waals surface area contributed by atoms with Gasteiger partial charge in [0.1, 0.15) is 5.82 Å². The van der Waals surface area contributed by atoms with Crippen molar-refractivity contribution < 1.29 is 4.39 Å². The monoisotopic (exact) mass is 279 g/mol. The van der Waals surface area contributed by atoms with Crippen LogP contribution in [0.1, 0.15) is 24.9 Å². The lowest BCUT2D eigenvalue weighted by Crippen LogP contribution is -2.29. The molecule has 1 aliphatic heterocycles. The van der Waals surface area contributed by atoms with Crippen LogP contribution in [0.2, 0.25) is 0 Å². The third kappa shape index (κ3) is 3.30. The molecule has 0 amide bonds. The van der Waals surface area contributed by atoms with Crippen molar-refractivity contribution in [3.8, 4) is 0 Å². The molecule has 0 spiro atoms. The van der Waals surface area contributed by atoms with Crippen LogP contribution < -0.4 is 10.2 Å². The highest BCUT2D eigenvalue weighted by Gasteiger charge is 2.23. The first kappa shape index (κ1) is 15.3. The number of hydrogen-bond donors (Lipinski definition) is 1. The third-order valence-electron chi connectivity index (χ3n) is 4.33. The smallest absolute Gasteiger partial charge is 0.130 e. The Labute approximate surface area is 121 Å². The van der Waals surface area contributed by atoms with E-state index in [0.29, 0.717) is 5.92 Å². The highest BCUT2D eigenvalue weighted by molar-refractivity contribution is 5.55. The topological polar surface area (TPSA) is 18.5 Å². The number of hydrogen-bond acceptors (Lipinski definition) is 3. The highest BCUT2D eigenvalue weighted by Crippen LogP contribution is 2.29. The summed E-state index contributed by atoms with van der Waals surface area (Å²) in [7, 11) is 6.10. The van der Waals surface area contributed by atoms with Gasteiger partial charge in [-0.25, -0.2) is 4.39 Å². The Kier molecular flexibility index (Phi) is 5.00. The minimum Gasteiger partial charge on any atom is -0.374 e. The first-order chi connectivity index (χ1) is 9.52. The lowest BCUT2D eigenvalue weighted by molar-refractivity contribution is 0.395. The summed E-state index contributed by atoms with van der Waals surface area (Å²) < 4.78 is 14.1. The van der Waals surface area contributed by atoms with E-state index in [9.17, 15) is 4.39 Å². The van der Waals surface area contributed by atoms with Crippen molar-refractivity contribution >= 4 is 5.69 Å². The molecule has 4 heteroatoms. The number of likely N-dealkylation sites (tertiary alicyclic amines) is 1. The van der Waals surface area contributed by atoms with Crippen molar-refractivity contribution in [3.05, 3.63) is 29.6 Å². The molecule has 1 aromatic rings. The van der Waals surface area contributed by atoms with E-state index in [4.69, 9.17) is 0 Å². The molecular formula is C16H26FN3. The molecule has 2 rings (SSSR count). The molecular weight excluding hydrogens is 253 g/mol. The van der Waals surface area contributed by atoms with Gasteiger partial charge in [0.15, 0.2) is 0 Å². The van der Waals surface area contributed by atoms with Crippen LogP contribution in [-0.2, 0) is 0 Å². The second-order valence-corrected chi connectivity index (χ2v) is 5.98. The van der Waals surface area contributed by atoms with Gasteiger partial charge in [-0.15, -0.1) is 0 Å². The Hall–Kier alpha value is -1.13. The molecule has 0 aromatic heterocycles. The second-order valence-electron chi connectivity index (χ2n) is 5.98. The molecule has 0 radical (unpaired) electrons. The van der Waals surface area contributed by atoms with Gasteiger partial charge in [-0.05, 0) is 52.0 Å². The van der Waals surface area contributed by atoms with E-state index in [1.165, 1.54) is 13.0 Å². The normalized spacial score (nSPS) is 21.1. The molecule has 1 heterocycles. The van der Waals surface area contributed by atoms with E-state index in [0.717, 1.165) is 24.3 Å². The van der Waals surface area contributed by atoms with Gasteiger partial charge in [-0.2, -0.15) is 0 Å². The Balaban J connectivity index is 2.16. The largest absolute Gasteiger partial charge is 0.374 e. The van der Waals surface area contributed by atoms with Crippen molar-refractivity contribution in [2.75, 3.05) is 45.7 Å². The highest BCUT2D eigenvalue weighted by atomic mass is 19.1. The fourth-order valence-electron chi connectivity index (χ4n) is 3.09. The van der Waals surface area contributed by atoms with Crippen LogP contribution in [0.3, 0.4) is 0 Å². The summed E-state index contributed by atoms with van der Waals surface area (Å²) in [6.07, 6.45) is 1.23. The van der Waals surface area contributed by atoms with Crippen molar-refractivity contribution in [1.29, 1.82) is 0 Å². The van der Waals surface area contributed by atoms with Crippen LogP contribution in [0.25, 0.3) is 0 Å². The van der Waals surface area contributed by atoms with E-state index in [-0.39, 0.29) is 11.9 Å². The second kappa shape index (κ2) is 6.55. The maximum Gasteiger partial charge on any atom is 0.130 e. The Morgan fingerprint density at radius 1 is 1.50 bits per heavy atom. The SMILES string of the molecule is CNC(C)c1c(F)cccc1N(C)CC1CCN(C)C1. The molecule has 1 aliphatic rings. The van der Waals surface area contributed by atoms with E-state index in [2.05, 4.69) is 29.2 Å². The van der Waals surface area contributed by atoms with Gasteiger partial charge in [0.25, 0.3) is 0 Å².